The molecule has 0 unspecified atom stereocenters. The molecule has 0 aliphatic rings. The lowest BCUT2D eigenvalue weighted by atomic mass is 10.1. The van der Waals surface area contributed by atoms with Gasteiger partial charge in [-0.1, -0.05) is 6.07 Å². The Balaban J connectivity index is 2.11. The molecular weight excluding hydrogens is 264 g/mol. The summed E-state index contributed by atoms with van der Waals surface area (Å²) in [4.78, 5) is 8.78. The first-order valence-corrected chi connectivity index (χ1v) is 6.85. The molecule has 0 radical (unpaired) electrons. The normalized spacial score (nSPS) is 10.9. The van der Waals surface area contributed by atoms with Crippen LogP contribution in [-0.2, 0) is 0 Å². The second kappa shape index (κ2) is 5.09. The van der Waals surface area contributed by atoms with Gasteiger partial charge in [0.1, 0.15) is 11.6 Å². The minimum Gasteiger partial charge on any atom is -0.436 e. The van der Waals surface area contributed by atoms with E-state index in [-0.39, 0.29) is 0 Å². The number of benzene rings is 1. The maximum atomic E-state index is 6.05. The van der Waals surface area contributed by atoms with Crippen LogP contribution in [0, 0.1) is 20.8 Å². The summed E-state index contributed by atoms with van der Waals surface area (Å²) < 4.78 is 7.95. The van der Waals surface area contributed by atoms with E-state index in [0.29, 0.717) is 11.5 Å². The maximum absolute atomic E-state index is 6.05. The molecule has 0 spiro atoms. The fourth-order valence-corrected chi connectivity index (χ4v) is 2.30. The summed E-state index contributed by atoms with van der Waals surface area (Å²) in [6.45, 7) is 6.19. The van der Waals surface area contributed by atoms with Crippen LogP contribution < -0.4 is 10.1 Å². The summed E-state index contributed by atoms with van der Waals surface area (Å²) in [5.41, 5.74) is 4.18. The number of hydrogen-bond acceptors (Lipinski definition) is 4. The number of nitrogens with zero attached hydrogens (tertiary/aromatic N) is 3. The van der Waals surface area contributed by atoms with Gasteiger partial charge in [-0.05, 0) is 43.5 Å². The standard InChI is InChI=1S/C16H18N4O/c1-10-7-11(2)12(3)13(8-10)21-16-15-18-5-6-20(15)9-14(17-4)19-16/h5-9,17H,1-4H3. The Labute approximate surface area is 123 Å². The van der Waals surface area contributed by atoms with Crippen molar-refractivity contribution < 1.29 is 4.74 Å². The number of aryl methyl sites for hydroxylation is 2. The van der Waals surface area contributed by atoms with Gasteiger partial charge in [-0.2, -0.15) is 4.98 Å². The molecule has 0 bridgehead atoms. The van der Waals surface area contributed by atoms with Gasteiger partial charge in [0, 0.05) is 19.4 Å². The molecule has 108 valence electrons. The zero-order valence-corrected chi connectivity index (χ0v) is 12.6. The molecule has 0 saturated carbocycles. The minimum atomic E-state index is 0.500. The highest BCUT2D eigenvalue weighted by Gasteiger charge is 2.12. The van der Waals surface area contributed by atoms with E-state index < -0.39 is 0 Å². The highest BCUT2D eigenvalue weighted by atomic mass is 16.5. The van der Waals surface area contributed by atoms with Crippen LogP contribution in [0.1, 0.15) is 16.7 Å². The Morgan fingerprint density at radius 3 is 2.76 bits per heavy atom. The van der Waals surface area contributed by atoms with E-state index >= 15 is 0 Å². The van der Waals surface area contributed by atoms with Crippen molar-refractivity contribution in [1.82, 2.24) is 14.4 Å². The van der Waals surface area contributed by atoms with Gasteiger partial charge >= 0.3 is 0 Å². The Bertz CT molecular complexity index is 807. The predicted octanol–water partition coefficient (Wildman–Crippen LogP) is 3.49. The number of nitrogens with one attached hydrogen (secondary N) is 1. The molecular formula is C16H18N4O. The van der Waals surface area contributed by atoms with Gasteiger partial charge in [0.2, 0.25) is 5.65 Å². The molecule has 5 heteroatoms. The van der Waals surface area contributed by atoms with Gasteiger partial charge in [0.05, 0.1) is 6.20 Å². The molecule has 0 atom stereocenters. The van der Waals surface area contributed by atoms with Crippen LogP contribution in [0.25, 0.3) is 5.65 Å². The minimum absolute atomic E-state index is 0.500. The van der Waals surface area contributed by atoms with Gasteiger partial charge in [-0.15, -0.1) is 0 Å². The van der Waals surface area contributed by atoms with Crippen molar-refractivity contribution >= 4 is 11.5 Å². The lowest BCUT2D eigenvalue weighted by Crippen LogP contribution is -2.01. The zero-order chi connectivity index (χ0) is 15.0. The van der Waals surface area contributed by atoms with Crippen LogP contribution >= 0.6 is 0 Å². The molecule has 2 heterocycles. The van der Waals surface area contributed by atoms with Crippen molar-refractivity contribution in [3.8, 4) is 11.6 Å². The molecule has 0 aliphatic carbocycles. The molecule has 0 aliphatic heterocycles. The van der Waals surface area contributed by atoms with E-state index in [1.165, 1.54) is 5.56 Å². The van der Waals surface area contributed by atoms with E-state index in [0.717, 1.165) is 22.7 Å². The van der Waals surface area contributed by atoms with Crippen molar-refractivity contribution in [2.45, 2.75) is 20.8 Å². The lowest BCUT2D eigenvalue weighted by Gasteiger charge is -2.13. The Morgan fingerprint density at radius 1 is 1.19 bits per heavy atom. The van der Waals surface area contributed by atoms with Crippen LogP contribution in [-0.4, -0.2) is 21.4 Å². The SMILES string of the molecule is CNc1cn2ccnc2c(Oc2cc(C)cc(C)c2C)n1. The molecule has 21 heavy (non-hydrogen) atoms. The predicted molar refractivity (Wildman–Crippen MR) is 83.3 cm³/mol. The number of imidazole rings is 1. The monoisotopic (exact) mass is 282 g/mol. The van der Waals surface area contributed by atoms with E-state index in [9.17, 15) is 0 Å². The van der Waals surface area contributed by atoms with Crippen LogP contribution in [0.2, 0.25) is 0 Å². The first-order valence-electron chi connectivity index (χ1n) is 6.85. The second-order valence-electron chi connectivity index (χ2n) is 5.15. The van der Waals surface area contributed by atoms with Gasteiger partial charge in [-0.3, -0.25) is 4.40 Å². The van der Waals surface area contributed by atoms with Crippen molar-refractivity contribution in [2.24, 2.45) is 0 Å². The number of rotatable bonds is 3. The van der Waals surface area contributed by atoms with Crippen LogP contribution in [0.3, 0.4) is 0 Å². The van der Waals surface area contributed by atoms with Crippen LogP contribution in [0.5, 0.6) is 11.6 Å². The van der Waals surface area contributed by atoms with E-state index in [1.54, 1.807) is 6.20 Å². The van der Waals surface area contributed by atoms with Crippen molar-refractivity contribution in [2.75, 3.05) is 12.4 Å². The Kier molecular flexibility index (Phi) is 3.25. The summed E-state index contributed by atoms with van der Waals surface area (Å²) in [7, 11) is 1.83. The number of ether oxygens (including phenoxy) is 1. The molecule has 0 fully saturated rings. The summed E-state index contributed by atoms with van der Waals surface area (Å²) in [5, 5.41) is 3.03. The van der Waals surface area contributed by atoms with Gasteiger partial charge in [0.15, 0.2) is 0 Å². The lowest BCUT2D eigenvalue weighted by molar-refractivity contribution is 0.461. The number of hydrogen-bond donors (Lipinski definition) is 1. The molecule has 5 nitrogen and oxygen atoms in total. The average Bonchev–Trinajstić information content (AvgIpc) is 2.92. The molecule has 1 aromatic carbocycles. The molecule has 3 aromatic rings. The first-order chi connectivity index (χ1) is 10.1. The largest absolute Gasteiger partial charge is 0.436 e. The molecule has 1 N–H and O–H groups in total. The summed E-state index contributed by atoms with van der Waals surface area (Å²) in [6.07, 6.45) is 5.49. The van der Waals surface area contributed by atoms with Crippen molar-refractivity contribution in [3.63, 3.8) is 0 Å². The van der Waals surface area contributed by atoms with E-state index in [2.05, 4.69) is 42.1 Å². The summed E-state index contributed by atoms with van der Waals surface area (Å²) in [6, 6.07) is 4.17. The fourth-order valence-electron chi connectivity index (χ4n) is 2.30. The third-order valence-corrected chi connectivity index (χ3v) is 3.57. The first kappa shape index (κ1) is 13.4. The smallest absolute Gasteiger partial charge is 0.265 e. The van der Waals surface area contributed by atoms with Gasteiger partial charge in [0.25, 0.3) is 5.88 Å². The molecule has 2 aromatic heterocycles. The van der Waals surface area contributed by atoms with Crippen LogP contribution in [0.4, 0.5) is 5.82 Å². The van der Waals surface area contributed by atoms with Gasteiger partial charge in [-0.25, -0.2) is 4.98 Å². The van der Waals surface area contributed by atoms with E-state index in [4.69, 9.17) is 4.74 Å². The van der Waals surface area contributed by atoms with Gasteiger partial charge < -0.3 is 10.1 Å². The second-order valence-corrected chi connectivity index (χ2v) is 5.15. The molecule has 0 amide bonds. The van der Waals surface area contributed by atoms with E-state index in [1.807, 2.05) is 29.9 Å². The van der Waals surface area contributed by atoms with Crippen molar-refractivity contribution in [1.29, 1.82) is 0 Å². The molecule has 0 saturated heterocycles. The third kappa shape index (κ3) is 2.42. The number of fused-ring (bicyclic) bond motifs is 1. The highest BCUT2D eigenvalue weighted by molar-refractivity contribution is 5.56. The number of anilines is 1. The zero-order valence-electron chi connectivity index (χ0n) is 12.6. The topological polar surface area (TPSA) is 51.5 Å². The quantitative estimate of drug-likeness (QED) is 0.799. The fraction of sp³-hybridized carbons (Fsp3) is 0.250. The summed E-state index contributed by atoms with van der Waals surface area (Å²) in [5.74, 6) is 2.05. The van der Waals surface area contributed by atoms with Crippen LogP contribution in [0.15, 0.2) is 30.7 Å². The van der Waals surface area contributed by atoms with Crippen molar-refractivity contribution in [3.05, 3.63) is 47.4 Å². The Hall–Kier alpha value is -2.56. The molecule has 3 rings (SSSR count). The highest BCUT2D eigenvalue weighted by Crippen LogP contribution is 2.30. The Morgan fingerprint density at radius 2 is 2.00 bits per heavy atom. The maximum Gasteiger partial charge on any atom is 0.265 e. The average molecular weight is 282 g/mol. The summed E-state index contributed by atoms with van der Waals surface area (Å²) >= 11 is 0. The number of aromatic nitrogens is 3. The third-order valence-electron chi connectivity index (χ3n) is 3.57.